The van der Waals surface area contributed by atoms with Crippen LogP contribution in [0.15, 0.2) is 41.8 Å². The van der Waals surface area contributed by atoms with Crippen LogP contribution in [0.3, 0.4) is 0 Å². The number of hydrogen-bond acceptors (Lipinski definition) is 2. The highest BCUT2D eigenvalue weighted by Gasteiger charge is 2.05. The van der Waals surface area contributed by atoms with Crippen molar-refractivity contribution in [2.45, 2.75) is 19.3 Å². The van der Waals surface area contributed by atoms with Gasteiger partial charge in [-0.2, -0.15) is 5.10 Å². The van der Waals surface area contributed by atoms with Gasteiger partial charge in [0.1, 0.15) is 5.82 Å². The van der Waals surface area contributed by atoms with Crippen molar-refractivity contribution >= 4 is 40.8 Å². The standard InChI is InChI=1S/C19H25FN6.HI/c1-21-19(22-8-3-4-14-11-25-26(2)13-14)23-9-7-15-12-24-18-6-5-16(20)10-17(15)18;/h5-6,10-13,24H,3-4,7-9H2,1-2H3,(H2,21,22,23);1H. The van der Waals surface area contributed by atoms with E-state index >= 15 is 0 Å². The fourth-order valence-electron chi connectivity index (χ4n) is 2.99. The van der Waals surface area contributed by atoms with Gasteiger partial charge in [-0.25, -0.2) is 4.39 Å². The smallest absolute Gasteiger partial charge is 0.190 e. The molecule has 0 saturated carbocycles. The van der Waals surface area contributed by atoms with E-state index in [4.69, 9.17) is 0 Å². The van der Waals surface area contributed by atoms with Gasteiger partial charge < -0.3 is 15.6 Å². The van der Waals surface area contributed by atoms with Gasteiger partial charge in [-0.15, -0.1) is 24.0 Å². The summed E-state index contributed by atoms with van der Waals surface area (Å²) < 4.78 is 15.3. The summed E-state index contributed by atoms with van der Waals surface area (Å²) in [7, 11) is 3.69. The first-order valence-corrected chi connectivity index (χ1v) is 8.83. The lowest BCUT2D eigenvalue weighted by molar-refractivity contribution is 0.629. The molecule has 0 fully saturated rings. The van der Waals surface area contributed by atoms with Crippen LogP contribution in [0.5, 0.6) is 0 Å². The van der Waals surface area contributed by atoms with Crippen LogP contribution in [0.4, 0.5) is 4.39 Å². The lowest BCUT2D eigenvalue weighted by Gasteiger charge is -2.11. The lowest BCUT2D eigenvalue weighted by atomic mass is 10.1. The van der Waals surface area contributed by atoms with Crippen molar-refractivity contribution in [1.82, 2.24) is 25.4 Å². The van der Waals surface area contributed by atoms with Crippen LogP contribution in [-0.4, -0.2) is 40.9 Å². The van der Waals surface area contributed by atoms with Crippen LogP contribution in [-0.2, 0) is 19.9 Å². The monoisotopic (exact) mass is 484 g/mol. The minimum absolute atomic E-state index is 0. The number of H-pyrrole nitrogens is 1. The number of hydrogen-bond donors (Lipinski definition) is 3. The summed E-state index contributed by atoms with van der Waals surface area (Å²) >= 11 is 0. The molecule has 1 aromatic carbocycles. The largest absolute Gasteiger partial charge is 0.361 e. The van der Waals surface area contributed by atoms with Crippen LogP contribution in [0.25, 0.3) is 10.9 Å². The Morgan fingerprint density at radius 2 is 2.07 bits per heavy atom. The summed E-state index contributed by atoms with van der Waals surface area (Å²) in [6.45, 7) is 1.57. The number of aromatic nitrogens is 3. The maximum absolute atomic E-state index is 13.4. The Bertz CT molecular complexity index is 885. The van der Waals surface area contributed by atoms with E-state index < -0.39 is 0 Å². The van der Waals surface area contributed by atoms with E-state index in [2.05, 4.69) is 25.7 Å². The molecule has 0 atom stereocenters. The van der Waals surface area contributed by atoms with E-state index in [9.17, 15) is 4.39 Å². The Balaban J connectivity index is 0.00000261. The van der Waals surface area contributed by atoms with Gasteiger partial charge in [0, 0.05) is 50.5 Å². The first-order chi connectivity index (χ1) is 12.7. The molecule has 146 valence electrons. The number of aliphatic imine (C=N–C) groups is 1. The van der Waals surface area contributed by atoms with Crippen molar-refractivity contribution in [3.05, 3.63) is 53.7 Å². The number of rotatable bonds is 7. The molecule has 3 rings (SSSR count). The lowest BCUT2D eigenvalue weighted by Crippen LogP contribution is -2.38. The van der Waals surface area contributed by atoms with Crippen molar-refractivity contribution in [1.29, 1.82) is 0 Å². The fourth-order valence-corrected chi connectivity index (χ4v) is 2.99. The molecule has 2 heterocycles. The first kappa shape index (κ1) is 21.2. The Morgan fingerprint density at radius 1 is 1.26 bits per heavy atom. The van der Waals surface area contributed by atoms with Crippen molar-refractivity contribution in [3.8, 4) is 0 Å². The van der Waals surface area contributed by atoms with Crippen molar-refractivity contribution in [2.24, 2.45) is 12.0 Å². The van der Waals surface area contributed by atoms with E-state index in [0.717, 1.165) is 54.8 Å². The quantitative estimate of drug-likeness (QED) is 0.209. The summed E-state index contributed by atoms with van der Waals surface area (Å²) in [5.74, 6) is 0.569. The first-order valence-electron chi connectivity index (χ1n) is 8.83. The fraction of sp³-hybridized carbons (Fsp3) is 0.368. The molecule has 6 nitrogen and oxygen atoms in total. The number of benzene rings is 1. The number of nitrogens with zero attached hydrogens (tertiary/aromatic N) is 3. The topological polar surface area (TPSA) is 70.0 Å². The zero-order valence-electron chi connectivity index (χ0n) is 15.6. The van der Waals surface area contributed by atoms with Crippen molar-refractivity contribution < 1.29 is 4.39 Å². The molecule has 0 spiro atoms. The molecule has 0 amide bonds. The predicted molar refractivity (Wildman–Crippen MR) is 118 cm³/mol. The summed E-state index contributed by atoms with van der Waals surface area (Å²) in [6.07, 6.45) is 8.66. The molecular formula is C19H26FIN6. The van der Waals surface area contributed by atoms with Crippen LogP contribution in [0, 0.1) is 5.82 Å². The molecule has 0 radical (unpaired) electrons. The number of aromatic amines is 1. The molecule has 27 heavy (non-hydrogen) atoms. The minimum atomic E-state index is -0.211. The number of aryl methyl sites for hydroxylation is 2. The van der Waals surface area contributed by atoms with Gasteiger partial charge in [0.15, 0.2) is 5.96 Å². The summed E-state index contributed by atoms with van der Waals surface area (Å²) in [6, 6.07) is 4.81. The average Bonchev–Trinajstić information content (AvgIpc) is 3.23. The minimum Gasteiger partial charge on any atom is -0.361 e. The van der Waals surface area contributed by atoms with Gasteiger partial charge in [-0.3, -0.25) is 9.67 Å². The van der Waals surface area contributed by atoms with Crippen LogP contribution in [0.2, 0.25) is 0 Å². The molecule has 3 N–H and O–H groups in total. The molecule has 0 aliphatic carbocycles. The van der Waals surface area contributed by atoms with Crippen LogP contribution < -0.4 is 10.6 Å². The van der Waals surface area contributed by atoms with E-state index in [-0.39, 0.29) is 29.8 Å². The third-order valence-corrected chi connectivity index (χ3v) is 4.33. The van der Waals surface area contributed by atoms with E-state index in [1.54, 1.807) is 19.2 Å². The molecule has 0 unspecified atom stereocenters. The molecule has 0 bridgehead atoms. The highest BCUT2D eigenvalue weighted by atomic mass is 127. The van der Waals surface area contributed by atoms with Gasteiger partial charge in [-0.05, 0) is 48.6 Å². The number of guanidine groups is 1. The second-order valence-corrected chi connectivity index (χ2v) is 6.31. The van der Waals surface area contributed by atoms with Gasteiger partial charge in [0.25, 0.3) is 0 Å². The molecule has 0 saturated heterocycles. The van der Waals surface area contributed by atoms with E-state index in [1.807, 2.05) is 30.3 Å². The second-order valence-electron chi connectivity index (χ2n) is 6.31. The van der Waals surface area contributed by atoms with E-state index in [1.165, 1.54) is 11.6 Å². The third kappa shape index (κ3) is 5.95. The number of fused-ring (bicyclic) bond motifs is 1. The van der Waals surface area contributed by atoms with Crippen LogP contribution in [0.1, 0.15) is 17.5 Å². The Labute approximate surface area is 175 Å². The number of halogens is 2. The normalized spacial score (nSPS) is 11.4. The van der Waals surface area contributed by atoms with Crippen LogP contribution >= 0.6 is 24.0 Å². The SMILES string of the molecule is CN=C(NCCCc1cnn(C)c1)NCCc1c[nH]c2ccc(F)cc12.I. The zero-order valence-corrected chi connectivity index (χ0v) is 18.0. The predicted octanol–water partition coefficient (Wildman–Crippen LogP) is 3.00. The van der Waals surface area contributed by atoms with Crippen molar-refractivity contribution in [3.63, 3.8) is 0 Å². The maximum atomic E-state index is 13.4. The van der Waals surface area contributed by atoms with Gasteiger partial charge in [-0.1, -0.05) is 0 Å². The molecule has 8 heteroatoms. The highest BCUT2D eigenvalue weighted by molar-refractivity contribution is 14.0. The molecule has 3 aromatic rings. The average molecular weight is 484 g/mol. The summed E-state index contributed by atoms with van der Waals surface area (Å²) in [5.41, 5.74) is 3.29. The third-order valence-electron chi connectivity index (χ3n) is 4.33. The van der Waals surface area contributed by atoms with E-state index in [0.29, 0.717) is 0 Å². The maximum Gasteiger partial charge on any atom is 0.190 e. The van der Waals surface area contributed by atoms with Gasteiger partial charge in [0.05, 0.1) is 6.20 Å². The summed E-state index contributed by atoms with van der Waals surface area (Å²) in [4.78, 5) is 7.42. The second kappa shape index (κ2) is 10.3. The highest BCUT2D eigenvalue weighted by Crippen LogP contribution is 2.19. The Kier molecular flexibility index (Phi) is 8.08. The molecular weight excluding hydrogens is 458 g/mol. The molecule has 0 aliphatic rings. The van der Waals surface area contributed by atoms with Crippen molar-refractivity contribution in [2.75, 3.05) is 20.1 Å². The molecule has 0 aliphatic heterocycles. The zero-order chi connectivity index (χ0) is 18.4. The van der Waals surface area contributed by atoms with Gasteiger partial charge in [0.2, 0.25) is 0 Å². The number of nitrogens with one attached hydrogen (secondary N) is 3. The molecule has 2 aromatic heterocycles. The summed E-state index contributed by atoms with van der Waals surface area (Å²) in [5, 5.41) is 11.7. The van der Waals surface area contributed by atoms with Gasteiger partial charge >= 0.3 is 0 Å². The Hall–Kier alpha value is -2.10. The Morgan fingerprint density at radius 3 is 2.81 bits per heavy atom.